The molecule has 0 bridgehead atoms. The van der Waals surface area contributed by atoms with Crippen molar-refractivity contribution in [1.29, 1.82) is 0 Å². The van der Waals surface area contributed by atoms with E-state index in [2.05, 4.69) is 10.3 Å². The van der Waals surface area contributed by atoms with E-state index in [-0.39, 0.29) is 0 Å². The molecule has 0 aromatic carbocycles. The first-order chi connectivity index (χ1) is 7.24. The van der Waals surface area contributed by atoms with E-state index < -0.39 is 11.9 Å². The van der Waals surface area contributed by atoms with Crippen molar-refractivity contribution >= 4 is 0 Å². The van der Waals surface area contributed by atoms with Crippen molar-refractivity contribution < 1.29 is 14.2 Å². The van der Waals surface area contributed by atoms with Crippen molar-refractivity contribution in [3.63, 3.8) is 0 Å². The summed E-state index contributed by atoms with van der Waals surface area (Å²) in [6, 6.07) is 1.27. The van der Waals surface area contributed by atoms with Gasteiger partial charge in [-0.05, 0) is 6.07 Å². The molecule has 1 heterocycles. The van der Waals surface area contributed by atoms with Gasteiger partial charge in [-0.1, -0.05) is 0 Å². The maximum Gasteiger partial charge on any atom is 0.141 e. The molecular weight excluding hydrogens is 199 g/mol. The van der Waals surface area contributed by atoms with E-state index in [1.807, 2.05) is 0 Å². The monoisotopic (exact) mass is 214 g/mol. The highest BCUT2D eigenvalue weighted by Crippen LogP contribution is 2.11. The van der Waals surface area contributed by atoms with E-state index in [1.165, 1.54) is 12.3 Å². The van der Waals surface area contributed by atoms with Crippen molar-refractivity contribution in [2.24, 2.45) is 0 Å². The molecule has 2 N–H and O–H groups in total. The quantitative estimate of drug-likeness (QED) is 0.677. The lowest BCUT2D eigenvalue weighted by Crippen LogP contribution is -2.25. The Morgan fingerprint density at radius 1 is 1.60 bits per heavy atom. The molecule has 15 heavy (non-hydrogen) atoms. The minimum Gasteiger partial charge on any atom is -0.387 e. The van der Waals surface area contributed by atoms with Crippen LogP contribution in [-0.4, -0.2) is 36.9 Å². The summed E-state index contributed by atoms with van der Waals surface area (Å²) in [6.07, 6.45) is 1.81. The number of rotatable bonds is 6. The van der Waals surface area contributed by atoms with Gasteiger partial charge in [-0.25, -0.2) is 4.39 Å². The average molecular weight is 214 g/mol. The standard InChI is InChI=1S/C10H15FN2O2/c1-15-3-2-12-7-10(14)8-4-9(11)6-13-5-8/h4-6,10,12,14H,2-3,7H2,1H3. The molecule has 1 rings (SSSR count). The van der Waals surface area contributed by atoms with Crippen molar-refractivity contribution in [3.8, 4) is 0 Å². The summed E-state index contributed by atoms with van der Waals surface area (Å²) in [5.74, 6) is -0.441. The topological polar surface area (TPSA) is 54.4 Å². The minimum atomic E-state index is -0.745. The molecule has 0 aliphatic heterocycles. The number of hydrogen-bond acceptors (Lipinski definition) is 4. The van der Waals surface area contributed by atoms with E-state index in [1.54, 1.807) is 7.11 Å². The number of aliphatic hydroxyl groups is 1. The van der Waals surface area contributed by atoms with Gasteiger partial charge in [0.05, 0.1) is 18.9 Å². The molecule has 0 amide bonds. The van der Waals surface area contributed by atoms with Crippen LogP contribution in [0.5, 0.6) is 0 Å². The van der Waals surface area contributed by atoms with E-state index in [9.17, 15) is 9.50 Å². The van der Waals surface area contributed by atoms with E-state index in [0.717, 1.165) is 6.20 Å². The predicted molar refractivity (Wildman–Crippen MR) is 53.9 cm³/mol. The van der Waals surface area contributed by atoms with Crippen LogP contribution in [0.25, 0.3) is 0 Å². The van der Waals surface area contributed by atoms with Crippen LogP contribution in [-0.2, 0) is 4.74 Å². The summed E-state index contributed by atoms with van der Waals surface area (Å²) in [6.45, 7) is 1.58. The van der Waals surface area contributed by atoms with Crippen LogP contribution in [0.15, 0.2) is 18.5 Å². The van der Waals surface area contributed by atoms with Gasteiger partial charge in [0.1, 0.15) is 5.82 Å². The Morgan fingerprint density at radius 2 is 2.40 bits per heavy atom. The van der Waals surface area contributed by atoms with Crippen molar-refractivity contribution in [2.75, 3.05) is 26.8 Å². The zero-order valence-electron chi connectivity index (χ0n) is 8.61. The fraction of sp³-hybridized carbons (Fsp3) is 0.500. The molecule has 1 aromatic rings. The van der Waals surface area contributed by atoms with E-state index in [4.69, 9.17) is 4.74 Å². The molecule has 0 aliphatic carbocycles. The van der Waals surface area contributed by atoms with Crippen molar-refractivity contribution in [3.05, 3.63) is 29.8 Å². The van der Waals surface area contributed by atoms with E-state index >= 15 is 0 Å². The smallest absolute Gasteiger partial charge is 0.141 e. The number of methoxy groups -OCH3 is 1. The molecule has 0 radical (unpaired) electrons. The minimum absolute atomic E-state index is 0.356. The SMILES string of the molecule is COCCNCC(O)c1cncc(F)c1. The Bertz CT molecular complexity index is 297. The van der Waals surface area contributed by atoms with Crippen LogP contribution in [0.4, 0.5) is 4.39 Å². The largest absolute Gasteiger partial charge is 0.387 e. The van der Waals surface area contributed by atoms with Gasteiger partial charge in [0.2, 0.25) is 0 Å². The lowest BCUT2D eigenvalue weighted by Gasteiger charge is -2.11. The normalized spacial score (nSPS) is 12.7. The van der Waals surface area contributed by atoms with Crippen LogP contribution < -0.4 is 5.32 Å². The highest BCUT2D eigenvalue weighted by Gasteiger charge is 2.07. The maximum absolute atomic E-state index is 12.8. The second-order valence-corrected chi connectivity index (χ2v) is 3.15. The van der Waals surface area contributed by atoms with Gasteiger partial charge < -0.3 is 15.2 Å². The molecule has 4 nitrogen and oxygen atoms in total. The fourth-order valence-electron chi connectivity index (χ4n) is 1.14. The number of halogens is 1. The third-order valence-electron chi connectivity index (χ3n) is 1.93. The Hall–Kier alpha value is -1.04. The summed E-state index contributed by atoms with van der Waals surface area (Å²) in [5, 5.41) is 12.6. The molecule has 0 aliphatic rings. The molecule has 0 saturated carbocycles. The lowest BCUT2D eigenvalue weighted by molar-refractivity contribution is 0.161. The van der Waals surface area contributed by atoms with Gasteiger partial charge in [-0.3, -0.25) is 4.98 Å². The van der Waals surface area contributed by atoms with Crippen LogP contribution in [0.1, 0.15) is 11.7 Å². The van der Waals surface area contributed by atoms with Crippen LogP contribution >= 0.6 is 0 Å². The van der Waals surface area contributed by atoms with Gasteiger partial charge in [0.15, 0.2) is 0 Å². The number of ether oxygens (including phenoxy) is 1. The summed E-state index contributed by atoms with van der Waals surface area (Å²) in [4.78, 5) is 3.66. The number of nitrogens with one attached hydrogen (secondary N) is 1. The Balaban J connectivity index is 2.36. The van der Waals surface area contributed by atoms with Crippen LogP contribution in [0, 0.1) is 5.82 Å². The van der Waals surface area contributed by atoms with Gasteiger partial charge in [-0.15, -0.1) is 0 Å². The molecule has 0 saturated heterocycles. The van der Waals surface area contributed by atoms with Crippen LogP contribution in [0.3, 0.4) is 0 Å². The number of pyridine rings is 1. The second kappa shape index (κ2) is 6.44. The fourth-order valence-corrected chi connectivity index (χ4v) is 1.14. The third-order valence-corrected chi connectivity index (χ3v) is 1.93. The first-order valence-corrected chi connectivity index (χ1v) is 4.72. The second-order valence-electron chi connectivity index (χ2n) is 3.15. The van der Waals surface area contributed by atoms with Crippen molar-refractivity contribution in [2.45, 2.75) is 6.10 Å². The van der Waals surface area contributed by atoms with E-state index in [0.29, 0.717) is 25.3 Å². The summed E-state index contributed by atoms with van der Waals surface area (Å²) in [5.41, 5.74) is 0.472. The molecule has 5 heteroatoms. The molecule has 1 aromatic heterocycles. The highest BCUT2D eigenvalue weighted by atomic mass is 19.1. The summed E-state index contributed by atoms with van der Waals surface area (Å²) < 4.78 is 17.6. The molecule has 0 spiro atoms. The molecule has 1 atom stereocenters. The summed E-state index contributed by atoms with van der Waals surface area (Å²) >= 11 is 0. The Kier molecular flexibility index (Phi) is 5.17. The van der Waals surface area contributed by atoms with Gasteiger partial charge in [0.25, 0.3) is 0 Å². The van der Waals surface area contributed by atoms with Gasteiger partial charge in [-0.2, -0.15) is 0 Å². The maximum atomic E-state index is 12.8. The zero-order valence-corrected chi connectivity index (χ0v) is 8.61. The molecular formula is C10H15FN2O2. The Morgan fingerprint density at radius 3 is 3.07 bits per heavy atom. The predicted octanol–water partition coefficient (Wildman–Crippen LogP) is 0.490. The first-order valence-electron chi connectivity index (χ1n) is 4.72. The molecule has 0 fully saturated rings. The lowest BCUT2D eigenvalue weighted by atomic mass is 10.1. The molecule has 1 unspecified atom stereocenters. The first kappa shape index (κ1) is 12.0. The van der Waals surface area contributed by atoms with Crippen LogP contribution in [0.2, 0.25) is 0 Å². The third kappa shape index (κ3) is 4.33. The summed E-state index contributed by atoms with van der Waals surface area (Å²) in [7, 11) is 1.61. The highest BCUT2D eigenvalue weighted by molar-refractivity contribution is 5.13. The average Bonchev–Trinajstić information content (AvgIpc) is 2.24. The zero-order chi connectivity index (χ0) is 11.1. The number of nitrogens with zero attached hydrogens (tertiary/aromatic N) is 1. The number of hydrogen-bond donors (Lipinski definition) is 2. The van der Waals surface area contributed by atoms with Gasteiger partial charge >= 0.3 is 0 Å². The van der Waals surface area contributed by atoms with Gasteiger partial charge in [0, 0.05) is 32.0 Å². The van der Waals surface area contributed by atoms with Crippen molar-refractivity contribution in [1.82, 2.24) is 10.3 Å². The number of aliphatic hydroxyl groups excluding tert-OH is 1. The molecule has 84 valence electrons. The number of aromatic nitrogens is 1. The Labute approximate surface area is 88.1 Å².